The Kier molecular flexibility index (Phi) is 3.52. The van der Waals surface area contributed by atoms with Gasteiger partial charge in [0.15, 0.2) is 11.6 Å². The topological polar surface area (TPSA) is 37.4 Å². The van der Waals surface area contributed by atoms with E-state index < -0.39 is 0 Å². The molecule has 138 valence electrons. The summed E-state index contributed by atoms with van der Waals surface area (Å²) >= 11 is 1.62. The maximum atomic E-state index is 12.7. The highest BCUT2D eigenvalue weighted by atomic mass is 32.1. The molecule has 0 atom stereocenters. The van der Waals surface area contributed by atoms with E-state index in [1.807, 2.05) is 0 Å². The highest BCUT2D eigenvalue weighted by Gasteiger charge is 2.37. The van der Waals surface area contributed by atoms with E-state index in [2.05, 4.69) is 56.1 Å². The predicted octanol–water partition coefficient (Wildman–Crippen LogP) is 5.62. The summed E-state index contributed by atoms with van der Waals surface area (Å²) in [6.45, 7) is 4.45. The molecular weight excluding hydrogens is 366 g/mol. The number of hydrogen-bond acceptors (Lipinski definition) is 4. The number of thiophene rings is 1. The van der Waals surface area contributed by atoms with Gasteiger partial charge in [0.2, 0.25) is 0 Å². The number of hydrogen-bond donors (Lipinski definition) is 0. The van der Waals surface area contributed by atoms with Crippen LogP contribution in [0.3, 0.4) is 0 Å². The zero-order chi connectivity index (χ0) is 19.6. The van der Waals surface area contributed by atoms with Crippen LogP contribution in [0.5, 0.6) is 0 Å². The highest BCUT2D eigenvalue weighted by molar-refractivity contribution is 7.17. The van der Waals surface area contributed by atoms with E-state index >= 15 is 0 Å². The van der Waals surface area contributed by atoms with E-state index in [4.69, 9.17) is 0 Å². The molecule has 0 radical (unpaired) electrons. The molecule has 3 aromatic rings. The minimum atomic E-state index is -0.178. The first-order valence-corrected chi connectivity index (χ1v) is 10.1. The quantitative estimate of drug-likeness (QED) is 0.403. The van der Waals surface area contributed by atoms with Crippen LogP contribution in [0.4, 0.5) is 10.7 Å². The predicted molar refractivity (Wildman–Crippen MR) is 114 cm³/mol. The molecule has 0 bridgehead atoms. The van der Waals surface area contributed by atoms with Gasteiger partial charge in [0, 0.05) is 34.2 Å². The van der Waals surface area contributed by atoms with Crippen molar-refractivity contribution in [3.05, 3.63) is 87.3 Å². The van der Waals surface area contributed by atoms with Crippen LogP contribution in [0.2, 0.25) is 0 Å². The molecule has 0 unspecified atom stereocenters. The highest BCUT2D eigenvalue weighted by Crippen LogP contribution is 2.51. The molecule has 0 amide bonds. The molecule has 28 heavy (non-hydrogen) atoms. The summed E-state index contributed by atoms with van der Waals surface area (Å²) in [5.41, 5.74) is 4.83. The number of para-hydroxylation sites is 1. The van der Waals surface area contributed by atoms with Gasteiger partial charge < -0.3 is 4.90 Å². The van der Waals surface area contributed by atoms with Crippen molar-refractivity contribution >= 4 is 39.7 Å². The van der Waals surface area contributed by atoms with Crippen molar-refractivity contribution in [3.8, 4) is 0 Å². The number of fused-ring (bicyclic) bond motifs is 3. The van der Waals surface area contributed by atoms with E-state index in [0.29, 0.717) is 11.1 Å². The molecule has 5 rings (SSSR count). The van der Waals surface area contributed by atoms with Gasteiger partial charge in [0.25, 0.3) is 0 Å². The van der Waals surface area contributed by atoms with Crippen molar-refractivity contribution in [2.45, 2.75) is 19.3 Å². The zero-order valence-corrected chi connectivity index (χ0v) is 16.8. The van der Waals surface area contributed by atoms with Gasteiger partial charge in [-0.15, -0.1) is 11.3 Å². The lowest BCUT2D eigenvalue weighted by atomic mass is 9.75. The molecular formula is C24H19NO2S. The monoisotopic (exact) mass is 385 g/mol. The van der Waals surface area contributed by atoms with Crippen LogP contribution < -0.4 is 4.90 Å². The third kappa shape index (κ3) is 2.21. The fourth-order valence-corrected chi connectivity index (χ4v) is 5.50. The zero-order valence-electron chi connectivity index (χ0n) is 15.9. The number of allylic oxidation sites excluding steroid dienone is 1. The molecule has 1 aliphatic heterocycles. The molecule has 2 aliphatic rings. The fraction of sp³-hybridized carbons (Fsp3) is 0.167. The maximum absolute atomic E-state index is 12.7. The molecule has 2 heterocycles. The molecule has 0 fully saturated rings. The maximum Gasteiger partial charge on any atom is 0.197 e. The van der Waals surface area contributed by atoms with E-state index in [1.54, 1.807) is 41.7 Å². The van der Waals surface area contributed by atoms with Crippen molar-refractivity contribution in [2.75, 3.05) is 11.9 Å². The summed E-state index contributed by atoms with van der Waals surface area (Å²) in [6, 6.07) is 17.6. The minimum Gasteiger partial charge on any atom is -0.336 e. The van der Waals surface area contributed by atoms with Crippen molar-refractivity contribution in [1.29, 1.82) is 0 Å². The number of carbonyl (C=O) groups is 2. The van der Waals surface area contributed by atoms with Gasteiger partial charge >= 0.3 is 0 Å². The second kappa shape index (κ2) is 5.76. The molecule has 3 nitrogen and oxygen atoms in total. The summed E-state index contributed by atoms with van der Waals surface area (Å²) in [6.07, 6.45) is 1.77. The van der Waals surface area contributed by atoms with Crippen LogP contribution in [-0.4, -0.2) is 18.6 Å². The Morgan fingerprint density at radius 2 is 1.50 bits per heavy atom. The van der Waals surface area contributed by atoms with Gasteiger partial charge in [-0.05, 0) is 29.3 Å². The average Bonchev–Trinajstić information content (AvgIpc) is 3.24. The van der Waals surface area contributed by atoms with E-state index in [-0.39, 0.29) is 22.6 Å². The van der Waals surface area contributed by atoms with Crippen LogP contribution in [-0.2, 0) is 5.41 Å². The van der Waals surface area contributed by atoms with E-state index in [1.165, 1.54) is 16.8 Å². The molecule has 0 spiro atoms. The van der Waals surface area contributed by atoms with Crippen LogP contribution in [0.25, 0.3) is 6.08 Å². The lowest BCUT2D eigenvalue weighted by molar-refractivity contribution is 0.0990. The number of nitrogens with zero attached hydrogens (tertiary/aromatic N) is 1. The van der Waals surface area contributed by atoms with Gasteiger partial charge in [-0.1, -0.05) is 56.3 Å². The summed E-state index contributed by atoms with van der Waals surface area (Å²) in [5.74, 6) is -0.356. The number of benzene rings is 2. The molecule has 1 aliphatic carbocycles. The normalized spacial score (nSPS) is 16.7. The van der Waals surface area contributed by atoms with Gasteiger partial charge in [-0.25, -0.2) is 0 Å². The second-order valence-corrected chi connectivity index (χ2v) is 8.89. The third-order valence-corrected chi connectivity index (χ3v) is 7.00. The average molecular weight is 385 g/mol. The smallest absolute Gasteiger partial charge is 0.197 e. The standard InChI is InChI=1S/C24H19NO2S/c1-24(2)18-10-6-7-11-20(18)25(3)23-19(24)13-14(28-23)12-17-21(26)15-8-4-5-9-16(15)22(17)27/h4-13H,1-3H3. The number of carbonyl (C=O) groups excluding carboxylic acids is 2. The SMILES string of the molecule is CN1c2ccccc2C(C)(C)c2cc(C=C3C(=O)c4ccccc4C3=O)sc21. The summed E-state index contributed by atoms with van der Waals surface area (Å²) in [5, 5.41) is 1.16. The Balaban J connectivity index is 1.63. The molecule has 0 saturated heterocycles. The minimum absolute atomic E-state index is 0.141. The lowest BCUT2D eigenvalue weighted by Gasteiger charge is -2.38. The largest absolute Gasteiger partial charge is 0.336 e. The van der Waals surface area contributed by atoms with Gasteiger partial charge in [-0.2, -0.15) is 0 Å². The van der Waals surface area contributed by atoms with Crippen LogP contribution in [0.1, 0.15) is 50.6 Å². The lowest BCUT2D eigenvalue weighted by Crippen LogP contribution is -2.29. The molecule has 0 N–H and O–H groups in total. The Labute approximate surface area is 167 Å². The Morgan fingerprint density at radius 3 is 2.18 bits per heavy atom. The van der Waals surface area contributed by atoms with E-state index in [0.717, 1.165) is 9.88 Å². The first kappa shape index (κ1) is 17.1. The fourth-order valence-electron chi connectivity index (χ4n) is 4.26. The first-order chi connectivity index (χ1) is 13.4. The molecule has 0 saturated carbocycles. The van der Waals surface area contributed by atoms with Gasteiger partial charge in [0.1, 0.15) is 0 Å². The van der Waals surface area contributed by atoms with Crippen molar-refractivity contribution in [2.24, 2.45) is 0 Å². The summed E-state index contributed by atoms with van der Waals surface area (Å²) < 4.78 is 0. The second-order valence-electron chi connectivity index (χ2n) is 7.83. The molecule has 2 aromatic carbocycles. The molecule has 4 heteroatoms. The van der Waals surface area contributed by atoms with E-state index in [9.17, 15) is 9.59 Å². The van der Waals surface area contributed by atoms with Crippen molar-refractivity contribution in [1.82, 2.24) is 0 Å². The third-order valence-electron chi connectivity index (χ3n) is 5.84. The Bertz CT molecular complexity index is 1160. The Morgan fingerprint density at radius 1 is 0.893 bits per heavy atom. The number of Topliss-reactive ketones (excluding diaryl/α,β-unsaturated/α-hetero) is 2. The van der Waals surface area contributed by atoms with Gasteiger partial charge in [0.05, 0.1) is 10.6 Å². The summed E-state index contributed by atoms with van der Waals surface area (Å²) in [7, 11) is 2.07. The molecule has 1 aromatic heterocycles. The first-order valence-electron chi connectivity index (χ1n) is 9.27. The summed E-state index contributed by atoms with van der Waals surface area (Å²) in [4.78, 5) is 28.6. The van der Waals surface area contributed by atoms with Crippen LogP contribution in [0, 0.1) is 0 Å². The van der Waals surface area contributed by atoms with Crippen LogP contribution >= 0.6 is 11.3 Å². The number of ketones is 2. The van der Waals surface area contributed by atoms with Gasteiger partial charge in [-0.3, -0.25) is 9.59 Å². The number of anilines is 2. The van der Waals surface area contributed by atoms with Crippen molar-refractivity contribution in [3.63, 3.8) is 0 Å². The number of rotatable bonds is 1. The van der Waals surface area contributed by atoms with Crippen LogP contribution in [0.15, 0.2) is 60.2 Å². The van der Waals surface area contributed by atoms with Crippen molar-refractivity contribution < 1.29 is 9.59 Å². The Hall–Kier alpha value is -2.98.